The molecule has 1 N–H and O–H groups in total. The molecule has 0 amide bonds. The summed E-state index contributed by atoms with van der Waals surface area (Å²) in [5.41, 5.74) is 1.05. The van der Waals surface area contributed by atoms with Crippen molar-refractivity contribution < 1.29 is 0 Å². The van der Waals surface area contributed by atoms with E-state index in [9.17, 15) is 0 Å². The number of benzene rings is 1. The number of rotatable bonds is 6. The number of para-hydroxylation sites is 1. The van der Waals surface area contributed by atoms with E-state index in [0.29, 0.717) is 5.92 Å². The quantitative estimate of drug-likeness (QED) is 0.773. The van der Waals surface area contributed by atoms with Crippen molar-refractivity contribution in [2.24, 2.45) is 5.92 Å². The van der Waals surface area contributed by atoms with Crippen LogP contribution in [0.5, 0.6) is 0 Å². The van der Waals surface area contributed by atoms with Crippen molar-refractivity contribution in [3.63, 3.8) is 0 Å². The van der Waals surface area contributed by atoms with Gasteiger partial charge in [-0.05, 0) is 18.1 Å². The summed E-state index contributed by atoms with van der Waals surface area (Å²) >= 11 is 8.10. The van der Waals surface area contributed by atoms with E-state index in [4.69, 9.17) is 11.6 Å². The minimum Gasteiger partial charge on any atom is -0.360 e. The van der Waals surface area contributed by atoms with Gasteiger partial charge in [-0.3, -0.25) is 0 Å². The van der Waals surface area contributed by atoms with Gasteiger partial charge in [0, 0.05) is 6.54 Å². The van der Waals surface area contributed by atoms with Crippen molar-refractivity contribution in [2.45, 2.75) is 32.1 Å². The van der Waals surface area contributed by atoms with Crippen LogP contribution in [0.3, 0.4) is 0 Å². The molecule has 0 saturated heterocycles. The van der Waals surface area contributed by atoms with E-state index >= 15 is 0 Å². The van der Waals surface area contributed by atoms with E-state index in [-0.39, 0.29) is 5.38 Å². The van der Waals surface area contributed by atoms with Gasteiger partial charge in [0.05, 0.1) is 15.6 Å². The topological polar surface area (TPSA) is 24.9 Å². The molecule has 18 heavy (non-hydrogen) atoms. The van der Waals surface area contributed by atoms with Crippen LogP contribution in [-0.2, 0) is 0 Å². The number of nitrogens with one attached hydrogen (secondary N) is 1. The molecule has 0 bridgehead atoms. The smallest absolute Gasteiger partial charge is 0.183 e. The molecule has 0 saturated carbocycles. The summed E-state index contributed by atoms with van der Waals surface area (Å²) in [5.74, 6) is 0.577. The highest BCUT2D eigenvalue weighted by molar-refractivity contribution is 7.22. The van der Waals surface area contributed by atoms with Crippen molar-refractivity contribution in [3.05, 3.63) is 24.3 Å². The third-order valence-corrected chi connectivity index (χ3v) is 4.81. The van der Waals surface area contributed by atoms with E-state index in [2.05, 4.69) is 30.2 Å². The second kappa shape index (κ2) is 6.39. The molecular weight excluding hydrogens is 264 g/mol. The Labute approximate surface area is 117 Å². The molecule has 1 aromatic heterocycles. The van der Waals surface area contributed by atoms with Crippen molar-refractivity contribution in [1.29, 1.82) is 0 Å². The first kappa shape index (κ1) is 13.6. The SMILES string of the molecule is CCC(CC)C(Cl)CNc1nc2ccccc2s1. The lowest BCUT2D eigenvalue weighted by atomic mass is 9.99. The summed E-state index contributed by atoms with van der Waals surface area (Å²) in [6.07, 6.45) is 2.26. The number of anilines is 1. The number of hydrogen-bond donors (Lipinski definition) is 1. The minimum atomic E-state index is 0.173. The van der Waals surface area contributed by atoms with Gasteiger partial charge in [0.15, 0.2) is 5.13 Å². The first-order chi connectivity index (χ1) is 8.74. The summed E-state index contributed by atoms with van der Waals surface area (Å²) in [4.78, 5) is 4.54. The molecule has 0 aliphatic rings. The number of nitrogens with zero attached hydrogens (tertiary/aromatic N) is 1. The molecular formula is C14H19ClN2S. The maximum absolute atomic E-state index is 6.41. The fraction of sp³-hybridized carbons (Fsp3) is 0.500. The Morgan fingerprint density at radius 2 is 2.00 bits per heavy atom. The fourth-order valence-electron chi connectivity index (χ4n) is 2.10. The van der Waals surface area contributed by atoms with Crippen LogP contribution in [0.15, 0.2) is 24.3 Å². The van der Waals surface area contributed by atoms with Gasteiger partial charge in [-0.25, -0.2) is 4.98 Å². The van der Waals surface area contributed by atoms with Gasteiger partial charge in [-0.1, -0.05) is 50.2 Å². The number of fused-ring (bicyclic) bond motifs is 1. The van der Waals surface area contributed by atoms with Crippen LogP contribution in [0, 0.1) is 5.92 Å². The molecule has 2 nitrogen and oxygen atoms in total. The van der Waals surface area contributed by atoms with Crippen LogP contribution in [0.2, 0.25) is 0 Å². The Morgan fingerprint density at radius 3 is 2.67 bits per heavy atom. The number of thiazole rings is 1. The molecule has 1 unspecified atom stereocenters. The largest absolute Gasteiger partial charge is 0.360 e. The monoisotopic (exact) mass is 282 g/mol. The van der Waals surface area contributed by atoms with Crippen LogP contribution >= 0.6 is 22.9 Å². The van der Waals surface area contributed by atoms with Crippen molar-refractivity contribution >= 4 is 38.3 Å². The van der Waals surface area contributed by atoms with Crippen molar-refractivity contribution in [3.8, 4) is 0 Å². The molecule has 1 atom stereocenters. The second-order valence-corrected chi connectivity index (χ2v) is 6.05. The predicted molar refractivity (Wildman–Crippen MR) is 81.8 cm³/mol. The lowest BCUT2D eigenvalue weighted by Crippen LogP contribution is -2.22. The van der Waals surface area contributed by atoms with Crippen LogP contribution in [0.25, 0.3) is 10.2 Å². The van der Waals surface area contributed by atoms with E-state index < -0.39 is 0 Å². The summed E-state index contributed by atoms with van der Waals surface area (Å²) in [6, 6.07) is 8.19. The number of aromatic nitrogens is 1. The highest BCUT2D eigenvalue weighted by Gasteiger charge is 2.15. The zero-order chi connectivity index (χ0) is 13.0. The normalized spacial score (nSPS) is 13.1. The van der Waals surface area contributed by atoms with Gasteiger partial charge in [-0.15, -0.1) is 11.6 Å². The van der Waals surface area contributed by atoms with Gasteiger partial charge >= 0.3 is 0 Å². The van der Waals surface area contributed by atoms with E-state index in [1.165, 1.54) is 4.70 Å². The number of hydrogen-bond acceptors (Lipinski definition) is 3. The molecule has 0 aliphatic carbocycles. The van der Waals surface area contributed by atoms with Crippen molar-refractivity contribution in [1.82, 2.24) is 4.98 Å². The first-order valence-electron chi connectivity index (χ1n) is 6.48. The highest BCUT2D eigenvalue weighted by Crippen LogP contribution is 2.26. The van der Waals surface area contributed by atoms with Crippen molar-refractivity contribution in [2.75, 3.05) is 11.9 Å². The van der Waals surface area contributed by atoms with Gasteiger partial charge in [-0.2, -0.15) is 0 Å². The van der Waals surface area contributed by atoms with Crippen LogP contribution in [-0.4, -0.2) is 16.9 Å². The standard InChI is InChI=1S/C14H19ClN2S/c1-3-10(4-2)11(15)9-16-14-17-12-7-5-6-8-13(12)18-14/h5-8,10-11H,3-4,9H2,1-2H3,(H,16,17). The van der Waals surface area contributed by atoms with E-state index in [0.717, 1.165) is 30.0 Å². The maximum Gasteiger partial charge on any atom is 0.183 e. The molecule has 2 aromatic rings. The Hall–Kier alpha value is -0.800. The summed E-state index contributed by atoms with van der Waals surface area (Å²) in [6.45, 7) is 5.18. The minimum absolute atomic E-state index is 0.173. The molecule has 98 valence electrons. The van der Waals surface area contributed by atoms with Crippen LogP contribution in [0.4, 0.5) is 5.13 Å². The Balaban J connectivity index is 1.97. The lowest BCUT2D eigenvalue weighted by molar-refractivity contribution is 0.475. The van der Waals surface area contributed by atoms with Crippen LogP contribution in [0.1, 0.15) is 26.7 Å². The molecule has 1 aromatic carbocycles. The third-order valence-electron chi connectivity index (χ3n) is 3.30. The Morgan fingerprint density at radius 1 is 1.28 bits per heavy atom. The predicted octanol–water partition coefficient (Wildman–Crippen LogP) is 4.75. The lowest BCUT2D eigenvalue weighted by Gasteiger charge is -2.19. The van der Waals surface area contributed by atoms with Gasteiger partial charge in [0.1, 0.15) is 0 Å². The molecule has 2 rings (SSSR count). The van der Waals surface area contributed by atoms with Gasteiger partial charge < -0.3 is 5.32 Å². The third kappa shape index (κ3) is 3.15. The fourth-order valence-corrected chi connectivity index (χ4v) is 3.41. The average Bonchev–Trinajstić information content (AvgIpc) is 2.80. The zero-order valence-corrected chi connectivity index (χ0v) is 12.4. The van der Waals surface area contributed by atoms with Crippen LogP contribution < -0.4 is 5.32 Å². The molecule has 0 radical (unpaired) electrons. The maximum atomic E-state index is 6.41. The molecule has 0 fully saturated rings. The first-order valence-corrected chi connectivity index (χ1v) is 7.73. The molecule has 0 aliphatic heterocycles. The van der Waals surface area contributed by atoms with Gasteiger partial charge in [0.2, 0.25) is 0 Å². The summed E-state index contributed by atoms with van der Waals surface area (Å²) < 4.78 is 1.22. The Bertz CT molecular complexity index is 460. The highest BCUT2D eigenvalue weighted by atomic mass is 35.5. The van der Waals surface area contributed by atoms with E-state index in [1.807, 2.05) is 18.2 Å². The van der Waals surface area contributed by atoms with E-state index in [1.54, 1.807) is 11.3 Å². The Kier molecular flexibility index (Phi) is 4.84. The molecule has 4 heteroatoms. The number of alkyl halides is 1. The van der Waals surface area contributed by atoms with Gasteiger partial charge in [0.25, 0.3) is 0 Å². The zero-order valence-electron chi connectivity index (χ0n) is 10.8. The number of halogens is 1. The summed E-state index contributed by atoms with van der Waals surface area (Å²) in [7, 11) is 0. The molecule has 0 spiro atoms. The summed E-state index contributed by atoms with van der Waals surface area (Å²) in [5, 5.41) is 4.50. The molecule has 1 heterocycles. The second-order valence-electron chi connectivity index (χ2n) is 4.46. The average molecular weight is 283 g/mol.